The summed E-state index contributed by atoms with van der Waals surface area (Å²) in [6, 6.07) is 6.54. The minimum absolute atomic E-state index is 0.0186. The van der Waals surface area contributed by atoms with E-state index >= 15 is 0 Å². The van der Waals surface area contributed by atoms with E-state index in [1.165, 1.54) is 18.2 Å². The van der Waals surface area contributed by atoms with Crippen molar-refractivity contribution in [2.75, 3.05) is 6.61 Å². The summed E-state index contributed by atoms with van der Waals surface area (Å²) in [4.78, 5) is 11.7. The Morgan fingerprint density at radius 1 is 1.04 bits per heavy atom. The van der Waals surface area contributed by atoms with E-state index in [0.29, 0.717) is 5.56 Å². The van der Waals surface area contributed by atoms with Crippen molar-refractivity contribution in [1.82, 2.24) is 0 Å². The first-order valence-corrected chi connectivity index (χ1v) is 9.43. The van der Waals surface area contributed by atoms with Gasteiger partial charge in [-0.1, -0.05) is 58.5 Å². The summed E-state index contributed by atoms with van der Waals surface area (Å²) < 4.78 is 45.5. The third-order valence-corrected chi connectivity index (χ3v) is 5.18. The van der Waals surface area contributed by atoms with Crippen LogP contribution in [-0.4, -0.2) is 18.8 Å². The average Bonchev–Trinajstić information content (AvgIpc) is 2.58. The van der Waals surface area contributed by atoms with Crippen molar-refractivity contribution in [3.05, 3.63) is 73.2 Å². The molecule has 0 unspecified atom stereocenters. The van der Waals surface area contributed by atoms with Gasteiger partial charge in [0.1, 0.15) is 0 Å². The van der Waals surface area contributed by atoms with E-state index in [-0.39, 0.29) is 44.2 Å². The predicted octanol–water partition coefficient (Wildman–Crippen LogP) is 7.67. The molecule has 2 aromatic carbocycles. The van der Waals surface area contributed by atoms with Gasteiger partial charge in [-0.15, -0.1) is 0 Å². The van der Waals surface area contributed by atoms with Crippen LogP contribution in [0.5, 0.6) is 0 Å². The van der Waals surface area contributed by atoms with Gasteiger partial charge < -0.3 is 4.74 Å². The highest BCUT2D eigenvalue weighted by atomic mass is 35.5. The van der Waals surface area contributed by atoms with Gasteiger partial charge in [0.15, 0.2) is 0 Å². The van der Waals surface area contributed by atoms with Gasteiger partial charge in [-0.05, 0) is 48.7 Å². The normalized spacial score (nSPS) is 12.2. The fourth-order valence-electron chi connectivity index (χ4n) is 2.39. The summed E-state index contributed by atoms with van der Waals surface area (Å²) in [7, 11) is 0. The highest BCUT2D eigenvalue weighted by molar-refractivity contribution is 6.48. The van der Waals surface area contributed by atoms with E-state index in [4.69, 9.17) is 51.1 Å². The number of halogens is 7. The molecule has 0 heterocycles. The van der Waals surface area contributed by atoms with Crippen molar-refractivity contribution in [3.63, 3.8) is 0 Å². The average molecular weight is 472 g/mol. The summed E-state index contributed by atoms with van der Waals surface area (Å²) in [5.74, 6) is -0.601. The van der Waals surface area contributed by atoms with Crippen molar-refractivity contribution < 1.29 is 22.7 Å². The number of carbonyl (C=O) groups excluding carboxylic acids is 1. The molecular weight excluding hydrogens is 459 g/mol. The lowest BCUT2D eigenvalue weighted by atomic mass is 10.0. The molecule has 150 valence electrons. The van der Waals surface area contributed by atoms with E-state index in [1.807, 2.05) is 0 Å². The van der Waals surface area contributed by atoms with Gasteiger partial charge in [0.05, 0.1) is 37.8 Å². The molecule has 0 saturated carbocycles. The molecule has 0 N–H and O–H groups in total. The lowest BCUT2D eigenvalue weighted by molar-refractivity contribution is -0.0690. The second-order valence-electron chi connectivity index (χ2n) is 5.61. The van der Waals surface area contributed by atoms with E-state index in [9.17, 15) is 18.0 Å². The van der Waals surface area contributed by atoms with Gasteiger partial charge in [0, 0.05) is 0 Å². The van der Waals surface area contributed by atoms with Gasteiger partial charge >= 0.3 is 12.1 Å². The Hall–Kier alpha value is -1.40. The van der Waals surface area contributed by atoms with E-state index in [1.54, 1.807) is 6.92 Å². The molecule has 0 amide bonds. The Bertz CT molecular complexity index is 901. The molecule has 2 rings (SSSR count). The number of carbonyl (C=O) groups is 1. The third kappa shape index (κ3) is 5.57. The molecule has 0 aliphatic rings. The monoisotopic (exact) mass is 470 g/mol. The van der Waals surface area contributed by atoms with Crippen LogP contribution < -0.4 is 0 Å². The smallest absolute Gasteiger partial charge is 0.416 e. The maximum Gasteiger partial charge on any atom is 0.416 e. The largest absolute Gasteiger partial charge is 0.462 e. The zero-order chi connectivity index (χ0) is 21.1. The van der Waals surface area contributed by atoms with Gasteiger partial charge in [0.2, 0.25) is 0 Å². The van der Waals surface area contributed by atoms with Crippen LogP contribution >= 0.6 is 46.4 Å². The molecule has 0 saturated heterocycles. The second kappa shape index (κ2) is 9.40. The molecule has 9 heteroatoms. The topological polar surface area (TPSA) is 26.3 Å². The number of hydrogen-bond acceptors (Lipinski definition) is 2. The lowest BCUT2D eigenvalue weighted by Gasteiger charge is -2.14. The first kappa shape index (κ1) is 22.9. The second-order valence-corrected chi connectivity index (χ2v) is 7.21. The Morgan fingerprint density at radius 2 is 1.64 bits per heavy atom. The van der Waals surface area contributed by atoms with Gasteiger partial charge in [0.25, 0.3) is 0 Å². The zero-order valence-electron chi connectivity index (χ0n) is 14.3. The number of allylic oxidation sites excluding steroid dienone is 2. The molecule has 0 atom stereocenters. The molecule has 0 aliphatic heterocycles. The lowest BCUT2D eigenvalue weighted by Crippen LogP contribution is -2.11. The first-order chi connectivity index (χ1) is 13.0. The van der Waals surface area contributed by atoms with Crippen molar-refractivity contribution in [2.45, 2.75) is 19.5 Å². The van der Waals surface area contributed by atoms with E-state index in [2.05, 4.69) is 0 Å². The number of hydrogen-bond donors (Lipinski definition) is 0. The predicted molar refractivity (Wildman–Crippen MR) is 107 cm³/mol. The van der Waals surface area contributed by atoms with Crippen LogP contribution in [0.4, 0.5) is 13.2 Å². The van der Waals surface area contributed by atoms with E-state index in [0.717, 1.165) is 18.2 Å². The number of alkyl halides is 3. The van der Waals surface area contributed by atoms with E-state index < -0.39 is 17.7 Å². The minimum Gasteiger partial charge on any atom is -0.462 e. The number of ether oxygens (including phenoxy) is 1. The number of benzene rings is 2. The summed E-state index contributed by atoms with van der Waals surface area (Å²) in [5.41, 5.74) is -0.505. The minimum atomic E-state index is -4.64. The van der Waals surface area contributed by atoms with Crippen LogP contribution in [0.15, 0.2) is 36.4 Å². The molecule has 0 spiro atoms. The first-order valence-electron chi connectivity index (χ1n) is 7.92. The number of esters is 1. The van der Waals surface area contributed by atoms with Gasteiger partial charge in [-0.2, -0.15) is 13.2 Å². The molecule has 2 aromatic rings. The molecule has 0 fully saturated rings. The fourth-order valence-corrected chi connectivity index (χ4v) is 3.26. The van der Waals surface area contributed by atoms with Crippen LogP contribution in [0.2, 0.25) is 20.1 Å². The van der Waals surface area contributed by atoms with Crippen molar-refractivity contribution in [3.8, 4) is 0 Å². The van der Waals surface area contributed by atoms with Crippen LogP contribution in [0, 0.1) is 0 Å². The summed E-state index contributed by atoms with van der Waals surface area (Å²) >= 11 is 23.6. The van der Waals surface area contributed by atoms with Crippen molar-refractivity contribution in [2.24, 2.45) is 0 Å². The summed E-state index contributed by atoms with van der Waals surface area (Å²) in [6.45, 7) is 1.83. The van der Waals surface area contributed by atoms with Crippen LogP contribution in [-0.2, 0) is 11.2 Å². The van der Waals surface area contributed by atoms with Crippen LogP contribution in [0.1, 0.15) is 28.4 Å². The third-order valence-electron chi connectivity index (χ3n) is 3.67. The van der Waals surface area contributed by atoms with Crippen molar-refractivity contribution in [1.29, 1.82) is 0 Å². The maximum absolute atomic E-state index is 13.5. The fraction of sp³-hybridized carbons (Fsp3) is 0.211. The standard InChI is InChI=1S/C19H13Cl4F3O2/c1-2-28-18(27)12-5-3-10(7-14(12)20)4-6-13(19(24,25)26)11-8-15(21)17(23)16(22)9-11/h3,5-9H,2,4H2,1H3. The summed E-state index contributed by atoms with van der Waals surface area (Å²) in [6.07, 6.45) is -3.74. The Balaban J connectivity index is 2.37. The molecule has 0 aliphatic carbocycles. The van der Waals surface area contributed by atoms with Gasteiger partial charge in [-0.3, -0.25) is 0 Å². The highest BCUT2D eigenvalue weighted by Gasteiger charge is 2.35. The Kier molecular flexibility index (Phi) is 7.68. The van der Waals surface area contributed by atoms with Gasteiger partial charge in [-0.25, -0.2) is 4.79 Å². The molecule has 0 aromatic heterocycles. The maximum atomic E-state index is 13.5. The summed E-state index contributed by atoms with van der Waals surface area (Å²) in [5, 5.41) is -0.0901. The van der Waals surface area contributed by atoms with Crippen LogP contribution in [0.25, 0.3) is 5.57 Å². The molecule has 0 bridgehead atoms. The molecule has 28 heavy (non-hydrogen) atoms. The molecule has 2 nitrogen and oxygen atoms in total. The SMILES string of the molecule is CCOC(=O)c1ccc(CC=C(c2cc(Cl)c(Cl)c(Cl)c2)C(F)(F)F)cc1Cl. The number of rotatable bonds is 5. The highest BCUT2D eigenvalue weighted by Crippen LogP contribution is 2.39. The zero-order valence-corrected chi connectivity index (χ0v) is 17.4. The Morgan fingerprint density at radius 3 is 2.14 bits per heavy atom. The Labute approximate surface area is 179 Å². The van der Waals surface area contributed by atoms with Crippen molar-refractivity contribution >= 4 is 57.9 Å². The molecule has 0 radical (unpaired) electrons. The molecular formula is C19H13Cl4F3O2. The van der Waals surface area contributed by atoms with Crippen LogP contribution in [0.3, 0.4) is 0 Å². The quantitative estimate of drug-likeness (QED) is 0.330.